The Morgan fingerprint density at radius 1 is 1.30 bits per heavy atom. The monoisotopic (exact) mass is 282 g/mol. The van der Waals surface area contributed by atoms with Gasteiger partial charge in [-0.15, -0.1) is 0 Å². The maximum Gasteiger partial charge on any atom is 0.163 e. The van der Waals surface area contributed by atoms with Crippen LogP contribution in [0, 0.1) is 5.82 Å². The molecule has 112 valence electrons. The third-order valence-corrected chi connectivity index (χ3v) is 3.24. The van der Waals surface area contributed by atoms with Crippen LogP contribution >= 0.6 is 0 Å². The topological polar surface area (TPSA) is 27.7 Å². The number of ether oxygens (including phenoxy) is 3. The number of benzene rings is 1. The molecule has 0 N–H and O–H groups in total. The Hall–Kier alpha value is -1.13. The second-order valence-corrected chi connectivity index (χ2v) is 6.69. The van der Waals surface area contributed by atoms with E-state index in [0.29, 0.717) is 19.0 Å². The highest BCUT2D eigenvalue weighted by atomic mass is 19.1. The summed E-state index contributed by atoms with van der Waals surface area (Å²) in [6.45, 7) is 10.7. The summed E-state index contributed by atoms with van der Waals surface area (Å²) in [7, 11) is 0. The molecule has 0 aromatic heterocycles. The van der Waals surface area contributed by atoms with Gasteiger partial charge in [-0.3, -0.25) is 0 Å². The maximum absolute atomic E-state index is 13.6. The molecule has 1 saturated heterocycles. The van der Waals surface area contributed by atoms with Gasteiger partial charge in [-0.2, -0.15) is 0 Å². The third kappa shape index (κ3) is 3.93. The first kappa shape index (κ1) is 15.3. The molecule has 1 heterocycles. The molecule has 0 amide bonds. The summed E-state index contributed by atoms with van der Waals surface area (Å²) < 4.78 is 30.4. The molecule has 3 nitrogen and oxygen atoms in total. The van der Waals surface area contributed by atoms with Crippen LogP contribution in [0.2, 0.25) is 0 Å². The van der Waals surface area contributed by atoms with E-state index in [4.69, 9.17) is 14.2 Å². The number of hydrogen-bond acceptors (Lipinski definition) is 3. The Labute approximate surface area is 120 Å². The summed E-state index contributed by atoms with van der Waals surface area (Å²) in [4.78, 5) is 0. The van der Waals surface area contributed by atoms with Gasteiger partial charge in [-0.1, -0.05) is 20.8 Å². The van der Waals surface area contributed by atoms with Gasteiger partial charge in [0.2, 0.25) is 0 Å². The van der Waals surface area contributed by atoms with Crippen molar-refractivity contribution in [3.05, 3.63) is 29.6 Å². The van der Waals surface area contributed by atoms with Crippen molar-refractivity contribution in [1.29, 1.82) is 0 Å². The lowest BCUT2D eigenvalue weighted by atomic mass is 9.87. The van der Waals surface area contributed by atoms with Crippen molar-refractivity contribution in [2.45, 2.75) is 51.9 Å². The molecule has 0 radical (unpaired) electrons. The molecule has 1 fully saturated rings. The molecule has 4 heteroatoms. The zero-order chi connectivity index (χ0) is 15.0. The fourth-order valence-corrected chi connectivity index (χ4v) is 2.11. The first-order valence-electron chi connectivity index (χ1n) is 6.91. The molecule has 1 aliphatic heterocycles. The van der Waals surface area contributed by atoms with E-state index >= 15 is 0 Å². The molecule has 0 aliphatic carbocycles. The van der Waals surface area contributed by atoms with E-state index < -0.39 is 5.79 Å². The lowest BCUT2D eigenvalue weighted by molar-refractivity contribution is -0.141. The van der Waals surface area contributed by atoms with Gasteiger partial charge in [-0.05, 0) is 37.0 Å². The largest absolute Gasteiger partial charge is 0.491 e. The van der Waals surface area contributed by atoms with Crippen molar-refractivity contribution in [3.63, 3.8) is 0 Å². The first-order chi connectivity index (χ1) is 9.16. The summed E-state index contributed by atoms with van der Waals surface area (Å²) in [6.07, 6.45) is -0.119. The molecule has 1 aromatic rings. The standard InChI is InChI=1S/C16H23FO3/c1-15(2,3)11-6-12(17)8-13(7-11)18-9-14-10-19-16(4,5)20-14/h6-8,14H,9-10H2,1-5H3. The summed E-state index contributed by atoms with van der Waals surface area (Å²) in [5, 5.41) is 0. The van der Waals surface area contributed by atoms with Crippen molar-refractivity contribution >= 4 is 0 Å². The van der Waals surface area contributed by atoms with Crippen LogP contribution in [0.25, 0.3) is 0 Å². The molecule has 1 unspecified atom stereocenters. The van der Waals surface area contributed by atoms with E-state index in [-0.39, 0.29) is 17.3 Å². The number of halogens is 1. The predicted molar refractivity (Wildman–Crippen MR) is 75.5 cm³/mol. The van der Waals surface area contributed by atoms with Crippen LogP contribution in [-0.2, 0) is 14.9 Å². The molecule has 0 bridgehead atoms. The SMILES string of the molecule is CC1(C)OCC(COc2cc(F)cc(C(C)(C)C)c2)O1. The lowest BCUT2D eigenvalue weighted by Crippen LogP contribution is -2.25. The van der Waals surface area contributed by atoms with Crippen molar-refractivity contribution < 1.29 is 18.6 Å². The van der Waals surface area contributed by atoms with Gasteiger partial charge in [-0.25, -0.2) is 4.39 Å². The van der Waals surface area contributed by atoms with Crippen LogP contribution in [0.3, 0.4) is 0 Å². The van der Waals surface area contributed by atoms with Crippen LogP contribution in [-0.4, -0.2) is 25.1 Å². The molecular formula is C16H23FO3. The van der Waals surface area contributed by atoms with Crippen LogP contribution in [0.1, 0.15) is 40.2 Å². The second kappa shape index (κ2) is 5.34. The minimum atomic E-state index is -0.563. The number of hydrogen-bond donors (Lipinski definition) is 0. The van der Waals surface area contributed by atoms with Crippen molar-refractivity contribution in [2.75, 3.05) is 13.2 Å². The molecule has 0 spiro atoms. The zero-order valence-corrected chi connectivity index (χ0v) is 12.8. The fraction of sp³-hybridized carbons (Fsp3) is 0.625. The predicted octanol–water partition coefficient (Wildman–Crippen LogP) is 3.65. The maximum atomic E-state index is 13.6. The molecule has 1 atom stereocenters. The first-order valence-corrected chi connectivity index (χ1v) is 6.91. The van der Waals surface area contributed by atoms with E-state index in [2.05, 4.69) is 0 Å². The van der Waals surface area contributed by atoms with Gasteiger partial charge in [0.1, 0.15) is 24.3 Å². The molecule has 20 heavy (non-hydrogen) atoms. The minimum absolute atomic E-state index is 0.116. The second-order valence-electron chi connectivity index (χ2n) is 6.69. The quantitative estimate of drug-likeness (QED) is 0.847. The van der Waals surface area contributed by atoms with E-state index in [0.717, 1.165) is 5.56 Å². The Balaban J connectivity index is 2.02. The van der Waals surface area contributed by atoms with Crippen molar-refractivity contribution in [1.82, 2.24) is 0 Å². The Kier molecular flexibility index (Phi) is 4.07. The summed E-state index contributed by atoms with van der Waals surface area (Å²) >= 11 is 0. The third-order valence-electron chi connectivity index (χ3n) is 3.24. The van der Waals surface area contributed by atoms with Crippen molar-refractivity contribution in [3.8, 4) is 5.75 Å². The molecule has 1 aromatic carbocycles. The van der Waals surface area contributed by atoms with Crippen LogP contribution in [0.15, 0.2) is 18.2 Å². The van der Waals surface area contributed by atoms with Crippen molar-refractivity contribution in [2.24, 2.45) is 0 Å². The van der Waals surface area contributed by atoms with Gasteiger partial charge >= 0.3 is 0 Å². The van der Waals surface area contributed by atoms with E-state index in [1.165, 1.54) is 6.07 Å². The van der Waals surface area contributed by atoms with Gasteiger partial charge in [0.05, 0.1) is 6.61 Å². The zero-order valence-electron chi connectivity index (χ0n) is 12.8. The minimum Gasteiger partial charge on any atom is -0.491 e. The highest BCUT2D eigenvalue weighted by Crippen LogP contribution is 2.28. The summed E-state index contributed by atoms with van der Waals surface area (Å²) in [6, 6.07) is 4.82. The van der Waals surface area contributed by atoms with E-state index in [1.54, 1.807) is 6.07 Å². The van der Waals surface area contributed by atoms with Crippen LogP contribution in [0.4, 0.5) is 4.39 Å². The molecular weight excluding hydrogens is 259 g/mol. The average Bonchev–Trinajstić information content (AvgIpc) is 2.64. The normalized spacial score (nSPS) is 22.0. The smallest absolute Gasteiger partial charge is 0.163 e. The van der Waals surface area contributed by atoms with Crippen LogP contribution in [0.5, 0.6) is 5.75 Å². The Bertz CT molecular complexity index is 477. The van der Waals surface area contributed by atoms with Crippen LogP contribution < -0.4 is 4.74 Å². The van der Waals surface area contributed by atoms with Gasteiger partial charge in [0.15, 0.2) is 5.79 Å². The highest BCUT2D eigenvalue weighted by Gasteiger charge is 2.33. The van der Waals surface area contributed by atoms with E-state index in [9.17, 15) is 4.39 Å². The summed E-state index contributed by atoms with van der Waals surface area (Å²) in [5.41, 5.74) is 0.797. The molecule has 0 saturated carbocycles. The van der Waals surface area contributed by atoms with Gasteiger partial charge < -0.3 is 14.2 Å². The Morgan fingerprint density at radius 2 is 2.00 bits per heavy atom. The van der Waals surface area contributed by atoms with E-state index in [1.807, 2.05) is 40.7 Å². The fourth-order valence-electron chi connectivity index (χ4n) is 2.11. The Morgan fingerprint density at radius 3 is 2.55 bits per heavy atom. The van der Waals surface area contributed by atoms with Gasteiger partial charge in [0, 0.05) is 6.07 Å². The number of rotatable bonds is 3. The summed E-state index contributed by atoms with van der Waals surface area (Å²) in [5.74, 6) is -0.313. The molecule has 1 aliphatic rings. The lowest BCUT2D eigenvalue weighted by Gasteiger charge is -2.21. The molecule has 2 rings (SSSR count). The van der Waals surface area contributed by atoms with Gasteiger partial charge in [0.25, 0.3) is 0 Å². The highest BCUT2D eigenvalue weighted by molar-refractivity contribution is 5.33. The average molecular weight is 282 g/mol.